The Balaban J connectivity index is 1.71. The molecule has 0 saturated heterocycles. The Morgan fingerprint density at radius 3 is 2.88 bits per heavy atom. The highest BCUT2D eigenvalue weighted by molar-refractivity contribution is 6.32. The summed E-state index contributed by atoms with van der Waals surface area (Å²) in [6.45, 7) is -0.0285. The number of hydrogen-bond acceptors (Lipinski definition) is 7. The highest BCUT2D eigenvalue weighted by Gasteiger charge is 2.17. The molecule has 1 amide bonds. The zero-order valence-corrected chi connectivity index (χ0v) is 14.8. The summed E-state index contributed by atoms with van der Waals surface area (Å²) in [4.78, 5) is 34.1. The Morgan fingerprint density at radius 2 is 2.12 bits per heavy atom. The zero-order chi connectivity index (χ0) is 18.9. The molecule has 1 aliphatic rings. The molecule has 0 atom stereocenters. The van der Waals surface area contributed by atoms with Crippen LogP contribution in [-0.4, -0.2) is 44.9 Å². The number of methoxy groups -OCH3 is 1. The Kier molecular flexibility index (Phi) is 7.28. The molecule has 1 aliphatic heterocycles. The number of nitrogens with one attached hydrogen (secondary N) is 1. The summed E-state index contributed by atoms with van der Waals surface area (Å²) < 4.78 is 19.7. The van der Waals surface area contributed by atoms with Crippen molar-refractivity contribution in [3.05, 3.63) is 28.8 Å². The van der Waals surface area contributed by atoms with Crippen LogP contribution in [0.4, 0.5) is 0 Å². The van der Waals surface area contributed by atoms with Gasteiger partial charge in [-0.05, 0) is 30.2 Å². The number of carbonyl (C=O) groups is 3. The average molecular weight is 384 g/mol. The van der Waals surface area contributed by atoms with Gasteiger partial charge < -0.3 is 24.3 Å². The van der Waals surface area contributed by atoms with Gasteiger partial charge in [-0.1, -0.05) is 11.6 Å². The SMILES string of the molecule is COC(=O)CCCNC(=O)COC(=O)/C=C/c1cc(Cl)c2c(c1)OCO2. The van der Waals surface area contributed by atoms with Crippen molar-refractivity contribution >= 4 is 35.5 Å². The maximum absolute atomic E-state index is 11.7. The first-order valence-corrected chi connectivity index (χ1v) is 8.15. The molecule has 8 nitrogen and oxygen atoms in total. The number of esters is 2. The molecule has 140 valence electrons. The molecule has 0 fully saturated rings. The van der Waals surface area contributed by atoms with Crippen molar-refractivity contribution in [2.75, 3.05) is 27.1 Å². The third-order valence-corrected chi connectivity index (χ3v) is 3.60. The van der Waals surface area contributed by atoms with Gasteiger partial charge in [0.2, 0.25) is 6.79 Å². The molecule has 26 heavy (non-hydrogen) atoms. The van der Waals surface area contributed by atoms with Crippen LogP contribution in [0.5, 0.6) is 11.5 Å². The lowest BCUT2D eigenvalue weighted by atomic mass is 10.2. The average Bonchev–Trinajstić information content (AvgIpc) is 3.10. The van der Waals surface area contributed by atoms with Gasteiger partial charge in [-0.3, -0.25) is 9.59 Å². The fourth-order valence-corrected chi connectivity index (χ4v) is 2.32. The van der Waals surface area contributed by atoms with Gasteiger partial charge in [0.25, 0.3) is 5.91 Å². The normalized spacial score (nSPS) is 12.1. The van der Waals surface area contributed by atoms with E-state index in [0.29, 0.717) is 28.5 Å². The van der Waals surface area contributed by atoms with Crippen LogP contribution in [0.2, 0.25) is 5.02 Å². The van der Waals surface area contributed by atoms with Crippen LogP contribution >= 0.6 is 11.6 Å². The molecule has 0 saturated carbocycles. The lowest BCUT2D eigenvalue weighted by molar-refractivity contribution is -0.143. The smallest absolute Gasteiger partial charge is 0.331 e. The third-order valence-electron chi connectivity index (χ3n) is 3.31. The number of amides is 1. The molecule has 0 aromatic heterocycles. The van der Waals surface area contributed by atoms with Crippen molar-refractivity contribution in [2.45, 2.75) is 12.8 Å². The van der Waals surface area contributed by atoms with Gasteiger partial charge in [0, 0.05) is 19.0 Å². The minimum Gasteiger partial charge on any atom is -0.469 e. The van der Waals surface area contributed by atoms with Crippen LogP contribution in [-0.2, 0) is 23.9 Å². The van der Waals surface area contributed by atoms with Gasteiger partial charge >= 0.3 is 11.9 Å². The summed E-state index contributed by atoms with van der Waals surface area (Å²) in [7, 11) is 1.30. The van der Waals surface area contributed by atoms with Crippen LogP contribution in [0.25, 0.3) is 6.08 Å². The Bertz CT molecular complexity index is 717. The minimum absolute atomic E-state index is 0.0962. The van der Waals surface area contributed by atoms with Crippen molar-refractivity contribution in [1.82, 2.24) is 5.32 Å². The molecular weight excluding hydrogens is 366 g/mol. The topological polar surface area (TPSA) is 100 Å². The van der Waals surface area contributed by atoms with Crippen LogP contribution in [0, 0.1) is 0 Å². The van der Waals surface area contributed by atoms with Gasteiger partial charge in [0.05, 0.1) is 12.1 Å². The van der Waals surface area contributed by atoms with Gasteiger partial charge in [-0.2, -0.15) is 0 Å². The molecule has 0 unspecified atom stereocenters. The van der Waals surface area contributed by atoms with E-state index in [2.05, 4.69) is 10.1 Å². The predicted molar refractivity (Wildman–Crippen MR) is 91.8 cm³/mol. The summed E-state index contributed by atoms with van der Waals surface area (Å²) >= 11 is 6.05. The highest BCUT2D eigenvalue weighted by Crippen LogP contribution is 2.40. The van der Waals surface area contributed by atoms with Gasteiger partial charge in [-0.25, -0.2) is 4.79 Å². The molecule has 2 rings (SSSR count). The predicted octanol–water partition coefficient (Wildman–Crippen LogP) is 1.69. The maximum atomic E-state index is 11.7. The van der Waals surface area contributed by atoms with E-state index >= 15 is 0 Å². The second kappa shape index (κ2) is 9.67. The molecule has 0 radical (unpaired) electrons. The molecule has 0 bridgehead atoms. The third kappa shape index (κ3) is 5.96. The molecule has 0 spiro atoms. The number of hydrogen-bond donors (Lipinski definition) is 1. The van der Waals surface area contributed by atoms with Crippen LogP contribution in [0.3, 0.4) is 0 Å². The second-order valence-corrected chi connectivity index (χ2v) is 5.61. The van der Waals surface area contributed by atoms with E-state index in [4.69, 9.17) is 25.8 Å². The van der Waals surface area contributed by atoms with Crippen LogP contribution in [0.15, 0.2) is 18.2 Å². The van der Waals surface area contributed by atoms with E-state index in [9.17, 15) is 14.4 Å². The van der Waals surface area contributed by atoms with Gasteiger partial charge in [0.1, 0.15) is 0 Å². The van der Waals surface area contributed by atoms with E-state index in [1.54, 1.807) is 12.1 Å². The van der Waals surface area contributed by atoms with E-state index in [0.717, 1.165) is 0 Å². The molecule has 1 aromatic rings. The van der Waals surface area contributed by atoms with E-state index in [-0.39, 0.29) is 25.7 Å². The van der Waals surface area contributed by atoms with Gasteiger partial charge in [0.15, 0.2) is 18.1 Å². The number of carbonyl (C=O) groups excluding carboxylic acids is 3. The van der Waals surface area contributed by atoms with Crippen molar-refractivity contribution in [3.63, 3.8) is 0 Å². The van der Waals surface area contributed by atoms with E-state index in [1.165, 1.54) is 19.3 Å². The lowest BCUT2D eigenvalue weighted by Gasteiger charge is -2.05. The van der Waals surface area contributed by atoms with E-state index in [1.807, 2.05) is 0 Å². The maximum Gasteiger partial charge on any atom is 0.331 e. The van der Waals surface area contributed by atoms with Crippen molar-refractivity contribution in [1.29, 1.82) is 0 Å². The van der Waals surface area contributed by atoms with E-state index < -0.39 is 18.5 Å². The summed E-state index contributed by atoms with van der Waals surface area (Å²) in [5.41, 5.74) is 0.628. The van der Waals surface area contributed by atoms with Crippen LogP contribution < -0.4 is 14.8 Å². The zero-order valence-electron chi connectivity index (χ0n) is 14.1. The number of benzene rings is 1. The summed E-state index contributed by atoms with van der Waals surface area (Å²) in [6, 6.07) is 3.29. The number of rotatable bonds is 8. The number of fused-ring (bicyclic) bond motifs is 1. The summed E-state index contributed by atoms with van der Waals surface area (Å²) in [5.74, 6) is -0.516. The molecule has 1 heterocycles. The molecule has 1 aromatic carbocycles. The van der Waals surface area contributed by atoms with Crippen LogP contribution in [0.1, 0.15) is 18.4 Å². The molecule has 1 N–H and O–H groups in total. The summed E-state index contributed by atoms with van der Waals surface area (Å²) in [5, 5.41) is 2.91. The first kappa shape index (κ1) is 19.6. The highest BCUT2D eigenvalue weighted by atomic mass is 35.5. The van der Waals surface area contributed by atoms with Gasteiger partial charge in [-0.15, -0.1) is 0 Å². The van der Waals surface area contributed by atoms with Crippen molar-refractivity contribution in [3.8, 4) is 11.5 Å². The fourth-order valence-electron chi connectivity index (χ4n) is 2.05. The molecule has 0 aliphatic carbocycles. The number of halogens is 1. The Hall–Kier alpha value is -2.74. The first-order valence-electron chi connectivity index (χ1n) is 7.77. The van der Waals surface area contributed by atoms with Crippen molar-refractivity contribution in [2.24, 2.45) is 0 Å². The van der Waals surface area contributed by atoms with Crippen molar-refractivity contribution < 1.29 is 33.3 Å². The fraction of sp³-hybridized carbons (Fsp3) is 0.353. The molecule has 9 heteroatoms. The molecular formula is C17H18ClNO7. The summed E-state index contributed by atoms with van der Waals surface area (Å²) in [6.07, 6.45) is 3.32. The lowest BCUT2D eigenvalue weighted by Crippen LogP contribution is -2.29. The Labute approximate surface area is 155 Å². The standard InChI is InChI=1S/C17H18ClNO7/c1-23-15(21)3-2-6-19-14(20)9-24-16(22)5-4-11-7-12(18)17-13(8-11)25-10-26-17/h4-5,7-8H,2-3,6,9-10H2,1H3,(H,19,20)/b5-4+. The first-order chi connectivity index (χ1) is 12.5. The number of ether oxygens (including phenoxy) is 4. The monoisotopic (exact) mass is 383 g/mol. The largest absolute Gasteiger partial charge is 0.469 e. The quantitative estimate of drug-likeness (QED) is 0.414. The second-order valence-electron chi connectivity index (χ2n) is 5.21. The Morgan fingerprint density at radius 1 is 1.31 bits per heavy atom. The minimum atomic E-state index is -0.677.